The maximum atomic E-state index is 11.8. The van der Waals surface area contributed by atoms with Gasteiger partial charge in [0.2, 0.25) is 0 Å². The van der Waals surface area contributed by atoms with Gasteiger partial charge in [0.1, 0.15) is 11.3 Å². The number of aromatic hydroxyl groups is 1. The Balaban J connectivity index is 2.40. The zero-order valence-electron chi connectivity index (χ0n) is 11.1. The summed E-state index contributed by atoms with van der Waals surface area (Å²) in [5, 5.41) is 9.82. The molecule has 0 atom stereocenters. The smallest absolute Gasteiger partial charge is 0.343 e. The fourth-order valence-electron chi connectivity index (χ4n) is 1.72. The predicted molar refractivity (Wildman–Crippen MR) is 76.5 cm³/mol. The number of hydrogen-bond acceptors (Lipinski definition) is 3. The quantitative estimate of drug-likeness (QED) is 0.671. The van der Waals surface area contributed by atoms with E-state index in [-0.39, 0.29) is 17.9 Å². The van der Waals surface area contributed by atoms with Crippen molar-refractivity contribution in [3.8, 4) is 17.6 Å². The van der Waals surface area contributed by atoms with Crippen LogP contribution in [0, 0.1) is 11.8 Å². The molecule has 0 bridgehead atoms. The molecule has 0 saturated carbocycles. The number of rotatable bonds is 2. The Labute approximate surface area is 117 Å². The zero-order valence-corrected chi connectivity index (χ0v) is 11.1. The van der Waals surface area contributed by atoms with Crippen LogP contribution in [0.4, 0.5) is 0 Å². The molecule has 0 saturated heterocycles. The largest absolute Gasteiger partial charge is 0.507 e. The number of benzene rings is 2. The monoisotopic (exact) mass is 266 g/mol. The van der Waals surface area contributed by atoms with Crippen molar-refractivity contribution in [1.82, 2.24) is 0 Å². The molecule has 0 aliphatic heterocycles. The van der Waals surface area contributed by atoms with E-state index in [2.05, 4.69) is 11.8 Å². The molecule has 0 unspecified atom stereocenters. The highest BCUT2D eigenvalue weighted by Crippen LogP contribution is 2.21. The normalized spacial score (nSPS) is 9.45. The van der Waals surface area contributed by atoms with Crippen LogP contribution in [0.5, 0.6) is 5.75 Å². The van der Waals surface area contributed by atoms with Crippen molar-refractivity contribution >= 4 is 5.97 Å². The van der Waals surface area contributed by atoms with Crippen molar-refractivity contribution in [3.63, 3.8) is 0 Å². The molecule has 0 aliphatic carbocycles. The molecule has 0 radical (unpaired) electrons. The highest BCUT2D eigenvalue weighted by molar-refractivity contribution is 5.95. The number of hydrogen-bond donors (Lipinski definition) is 1. The summed E-state index contributed by atoms with van der Waals surface area (Å²) in [5.41, 5.74) is 1.40. The molecule has 0 amide bonds. The predicted octanol–water partition coefficient (Wildman–Crippen LogP) is 2.97. The molecule has 1 N–H and O–H groups in total. The highest BCUT2D eigenvalue weighted by atomic mass is 16.5. The third kappa shape index (κ3) is 3.18. The van der Waals surface area contributed by atoms with Crippen molar-refractivity contribution in [1.29, 1.82) is 0 Å². The molecular weight excluding hydrogens is 252 g/mol. The first kappa shape index (κ1) is 13.7. The second-order valence-electron chi connectivity index (χ2n) is 4.04. The summed E-state index contributed by atoms with van der Waals surface area (Å²) in [7, 11) is 0. The summed E-state index contributed by atoms with van der Waals surface area (Å²) in [4.78, 5) is 11.8. The fourth-order valence-corrected chi connectivity index (χ4v) is 1.72. The van der Waals surface area contributed by atoms with Crippen LogP contribution in [-0.2, 0) is 4.74 Å². The average Bonchev–Trinajstić information content (AvgIpc) is 2.46. The van der Waals surface area contributed by atoms with Gasteiger partial charge >= 0.3 is 5.97 Å². The van der Waals surface area contributed by atoms with E-state index in [9.17, 15) is 9.90 Å². The van der Waals surface area contributed by atoms with E-state index in [1.165, 1.54) is 6.07 Å². The van der Waals surface area contributed by atoms with Crippen LogP contribution < -0.4 is 0 Å². The van der Waals surface area contributed by atoms with Crippen molar-refractivity contribution in [2.45, 2.75) is 6.92 Å². The van der Waals surface area contributed by atoms with E-state index in [0.29, 0.717) is 5.56 Å². The van der Waals surface area contributed by atoms with Gasteiger partial charge in [0.15, 0.2) is 0 Å². The Bertz CT molecular complexity index is 664. The first-order valence-electron chi connectivity index (χ1n) is 6.28. The van der Waals surface area contributed by atoms with Crippen molar-refractivity contribution in [2.75, 3.05) is 6.61 Å². The average molecular weight is 266 g/mol. The lowest BCUT2D eigenvalue weighted by Crippen LogP contribution is -2.07. The summed E-state index contributed by atoms with van der Waals surface area (Å²) in [6.45, 7) is 1.96. The minimum absolute atomic E-state index is 0.109. The first-order chi connectivity index (χ1) is 9.72. The Morgan fingerprint density at radius 3 is 2.55 bits per heavy atom. The molecule has 0 aromatic heterocycles. The summed E-state index contributed by atoms with van der Waals surface area (Å²) in [5.74, 6) is 5.17. The molecule has 3 nitrogen and oxygen atoms in total. The lowest BCUT2D eigenvalue weighted by Gasteiger charge is -2.06. The maximum Gasteiger partial charge on any atom is 0.343 e. The molecule has 0 fully saturated rings. The molecule has 0 aliphatic rings. The molecule has 2 aromatic carbocycles. The molecule has 2 rings (SSSR count). The fraction of sp³-hybridized carbons (Fsp3) is 0.118. The molecule has 0 spiro atoms. The summed E-state index contributed by atoms with van der Waals surface area (Å²) >= 11 is 0. The van der Waals surface area contributed by atoms with Crippen LogP contribution >= 0.6 is 0 Å². The second kappa shape index (κ2) is 6.44. The van der Waals surface area contributed by atoms with E-state index in [1.54, 1.807) is 19.1 Å². The van der Waals surface area contributed by atoms with Crippen LogP contribution in [-0.4, -0.2) is 17.7 Å². The third-order valence-electron chi connectivity index (χ3n) is 2.64. The van der Waals surface area contributed by atoms with Gasteiger partial charge in [-0.3, -0.25) is 0 Å². The zero-order chi connectivity index (χ0) is 14.4. The van der Waals surface area contributed by atoms with Crippen LogP contribution in [0.1, 0.15) is 28.4 Å². The van der Waals surface area contributed by atoms with E-state index in [1.807, 2.05) is 30.3 Å². The highest BCUT2D eigenvalue weighted by Gasteiger charge is 2.16. The van der Waals surface area contributed by atoms with Gasteiger partial charge in [-0.25, -0.2) is 4.79 Å². The van der Waals surface area contributed by atoms with E-state index in [0.717, 1.165) is 5.56 Å². The topological polar surface area (TPSA) is 46.5 Å². The Kier molecular flexibility index (Phi) is 4.41. The molecule has 20 heavy (non-hydrogen) atoms. The van der Waals surface area contributed by atoms with Crippen LogP contribution in [0.25, 0.3) is 0 Å². The molecule has 100 valence electrons. The minimum atomic E-state index is -0.567. The minimum Gasteiger partial charge on any atom is -0.507 e. The molecule has 0 heterocycles. The lowest BCUT2D eigenvalue weighted by molar-refractivity contribution is 0.0523. The van der Waals surface area contributed by atoms with Gasteiger partial charge in [0, 0.05) is 11.1 Å². The Morgan fingerprint density at radius 1 is 1.10 bits per heavy atom. The summed E-state index contributed by atoms with van der Waals surface area (Å²) < 4.78 is 4.93. The van der Waals surface area contributed by atoms with Gasteiger partial charge < -0.3 is 9.84 Å². The van der Waals surface area contributed by atoms with E-state index < -0.39 is 5.97 Å². The Morgan fingerprint density at radius 2 is 1.85 bits per heavy atom. The van der Waals surface area contributed by atoms with Gasteiger partial charge in [-0.15, -0.1) is 0 Å². The number of carbonyl (C=O) groups excluding carboxylic acids is 1. The standard InChI is InChI=1S/C17H14O3/c1-2-20-17(19)16-14(9-6-10-15(16)18)12-11-13-7-4-3-5-8-13/h3-10,18H,2H2,1H3. The van der Waals surface area contributed by atoms with E-state index >= 15 is 0 Å². The molecular formula is C17H14O3. The lowest BCUT2D eigenvalue weighted by atomic mass is 10.1. The first-order valence-corrected chi connectivity index (χ1v) is 6.28. The molecule has 2 aromatic rings. The van der Waals surface area contributed by atoms with Crippen LogP contribution in [0.15, 0.2) is 48.5 Å². The van der Waals surface area contributed by atoms with Gasteiger partial charge in [-0.05, 0) is 31.2 Å². The second-order valence-corrected chi connectivity index (χ2v) is 4.04. The van der Waals surface area contributed by atoms with Gasteiger partial charge in [0.25, 0.3) is 0 Å². The molecule has 3 heteroatoms. The maximum absolute atomic E-state index is 11.8. The van der Waals surface area contributed by atoms with Crippen molar-refractivity contribution < 1.29 is 14.6 Å². The number of phenols is 1. The van der Waals surface area contributed by atoms with Gasteiger partial charge in [-0.2, -0.15) is 0 Å². The SMILES string of the molecule is CCOC(=O)c1c(O)cccc1C#Cc1ccccc1. The number of ether oxygens (including phenoxy) is 1. The van der Waals surface area contributed by atoms with Crippen molar-refractivity contribution in [2.24, 2.45) is 0 Å². The third-order valence-corrected chi connectivity index (χ3v) is 2.64. The number of carbonyl (C=O) groups is 1. The number of phenolic OH excluding ortho intramolecular Hbond substituents is 1. The van der Waals surface area contributed by atoms with Gasteiger partial charge in [-0.1, -0.05) is 36.1 Å². The summed E-state index contributed by atoms with van der Waals surface area (Å²) in [6, 6.07) is 14.2. The van der Waals surface area contributed by atoms with E-state index in [4.69, 9.17) is 4.74 Å². The van der Waals surface area contributed by atoms with Crippen LogP contribution in [0.2, 0.25) is 0 Å². The summed E-state index contributed by atoms with van der Waals surface area (Å²) in [6.07, 6.45) is 0. The van der Waals surface area contributed by atoms with Crippen LogP contribution in [0.3, 0.4) is 0 Å². The van der Waals surface area contributed by atoms with Gasteiger partial charge in [0.05, 0.1) is 6.61 Å². The number of esters is 1. The van der Waals surface area contributed by atoms with Crippen molar-refractivity contribution in [3.05, 3.63) is 65.2 Å². The Hall–Kier alpha value is -2.73.